The summed E-state index contributed by atoms with van der Waals surface area (Å²) in [6, 6.07) is 2.27. The SMILES string of the molecule is Cn1cncc1C(=O)NC1(C#N)CCCCC1. The maximum Gasteiger partial charge on any atom is 0.270 e. The van der Waals surface area contributed by atoms with E-state index in [1.807, 2.05) is 0 Å². The lowest BCUT2D eigenvalue weighted by Gasteiger charge is -2.31. The Bertz CT molecular complexity index is 451. The molecule has 1 fully saturated rings. The Kier molecular flexibility index (Phi) is 3.14. The number of carbonyl (C=O) groups excluding carboxylic acids is 1. The van der Waals surface area contributed by atoms with Crippen molar-refractivity contribution >= 4 is 5.91 Å². The Balaban J connectivity index is 2.12. The molecule has 1 amide bonds. The van der Waals surface area contributed by atoms with Crippen molar-refractivity contribution in [3.05, 3.63) is 18.2 Å². The van der Waals surface area contributed by atoms with E-state index in [2.05, 4.69) is 16.4 Å². The molecule has 5 heteroatoms. The van der Waals surface area contributed by atoms with E-state index in [1.54, 1.807) is 17.9 Å². The summed E-state index contributed by atoms with van der Waals surface area (Å²) in [5.41, 5.74) is -0.190. The predicted octanol–water partition coefficient (Wildman–Crippen LogP) is 1.38. The van der Waals surface area contributed by atoms with E-state index in [4.69, 9.17) is 0 Å². The lowest BCUT2D eigenvalue weighted by atomic mass is 9.83. The van der Waals surface area contributed by atoms with E-state index in [-0.39, 0.29) is 5.91 Å². The first-order valence-corrected chi connectivity index (χ1v) is 5.87. The standard InChI is InChI=1S/C12H16N4O/c1-16-9-14-7-10(16)11(17)15-12(8-13)5-3-2-4-6-12/h7,9H,2-6H2,1H3,(H,15,17). The zero-order valence-electron chi connectivity index (χ0n) is 9.94. The third kappa shape index (κ3) is 2.31. The molecule has 0 unspecified atom stereocenters. The molecule has 0 saturated heterocycles. The van der Waals surface area contributed by atoms with E-state index in [9.17, 15) is 10.1 Å². The second kappa shape index (κ2) is 4.58. The highest BCUT2D eigenvalue weighted by molar-refractivity contribution is 5.93. The van der Waals surface area contributed by atoms with Crippen molar-refractivity contribution in [1.29, 1.82) is 5.26 Å². The van der Waals surface area contributed by atoms with E-state index >= 15 is 0 Å². The fraction of sp³-hybridized carbons (Fsp3) is 0.583. The van der Waals surface area contributed by atoms with Crippen LogP contribution in [0, 0.1) is 11.3 Å². The molecule has 2 rings (SSSR count). The zero-order valence-corrected chi connectivity index (χ0v) is 9.94. The highest BCUT2D eigenvalue weighted by Gasteiger charge is 2.34. The van der Waals surface area contributed by atoms with Crippen molar-refractivity contribution in [2.24, 2.45) is 7.05 Å². The number of rotatable bonds is 2. The molecule has 1 aromatic rings. The highest BCUT2D eigenvalue weighted by Crippen LogP contribution is 2.27. The molecule has 0 spiro atoms. The Morgan fingerprint density at radius 3 is 2.76 bits per heavy atom. The summed E-state index contributed by atoms with van der Waals surface area (Å²) >= 11 is 0. The van der Waals surface area contributed by atoms with Gasteiger partial charge in [-0.2, -0.15) is 5.26 Å². The summed E-state index contributed by atoms with van der Waals surface area (Å²) in [6.07, 6.45) is 7.72. The maximum atomic E-state index is 12.0. The molecule has 0 radical (unpaired) electrons. The zero-order chi connectivity index (χ0) is 12.3. The van der Waals surface area contributed by atoms with Gasteiger partial charge in [0.25, 0.3) is 5.91 Å². The summed E-state index contributed by atoms with van der Waals surface area (Å²) in [4.78, 5) is 15.9. The quantitative estimate of drug-likeness (QED) is 0.837. The van der Waals surface area contributed by atoms with Crippen molar-refractivity contribution < 1.29 is 4.79 Å². The van der Waals surface area contributed by atoms with Crippen LogP contribution in [0.5, 0.6) is 0 Å². The molecule has 1 saturated carbocycles. The highest BCUT2D eigenvalue weighted by atomic mass is 16.2. The molecule has 5 nitrogen and oxygen atoms in total. The number of nitrogens with zero attached hydrogens (tertiary/aromatic N) is 3. The second-order valence-electron chi connectivity index (χ2n) is 4.60. The van der Waals surface area contributed by atoms with Gasteiger partial charge in [0.15, 0.2) is 0 Å². The van der Waals surface area contributed by atoms with E-state index in [0.717, 1.165) is 32.1 Å². The number of aromatic nitrogens is 2. The molecule has 0 aromatic carbocycles. The molecule has 17 heavy (non-hydrogen) atoms. The number of imidazole rings is 1. The first-order chi connectivity index (χ1) is 8.17. The molecule has 1 aliphatic rings. The van der Waals surface area contributed by atoms with Crippen LogP contribution in [0.1, 0.15) is 42.6 Å². The van der Waals surface area contributed by atoms with Gasteiger partial charge in [-0.1, -0.05) is 19.3 Å². The van der Waals surface area contributed by atoms with Crippen LogP contribution < -0.4 is 5.32 Å². The smallest absolute Gasteiger partial charge is 0.270 e. The number of hydrogen-bond donors (Lipinski definition) is 1. The largest absolute Gasteiger partial charge is 0.332 e. The molecular formula is C12H16N4O. The molecule has 0 aliphatic heterocycles. The lowest BCUT2D eigenvalue weighted by Crippen LogP contribution is -2.49. The molecule has 90 valence electrons. The minimum atomic E-state index is -0.681. The third-order valence-electron chi connectivity index (χ3n) is 3.32. The fourth-order valence-corrected chi connectivity index (χ4v) is 2.28. The van der Waals surface area contributed by atoms with Crippen molar-refractivity contribution in [3.63, 3.8) is 0 Å². The average molecular weight is 232 g/mol. The second-order valence-corrected chi connectivity index (χ2v) is 4.60. The molecule has 0 atom stereocenters. The van der Waals surface area contributed by atoms with Crippen molar-refractivity contribution in [2.45, 2.75) is 37.6 Å². The summed E-state index contributed by atoms with van der Waals surface area (Å²) in [6.45, 7) is 0. The van der Waals surface area contributed by atoms with Crippen molar-refractivity contribution in [1.82, 2.24) is 14.9 Å². The van der Waals surface area contributed by atoms with Gasteiger partial charge in [0, 0.05) is 7.05 Å². The van der Waals surface area contributed by atoms with Gasteiger partial charge in [0.05, 0.1) is 18.6 Å². The van der Waals surface area contributed by atoms with Gasteiger partial charge in [-0.05, 0) is 12.8 Å². The van der Waals surface area contributed by atoms with Gasteiger partial charge in [0.1, 0.15) is 11.2 Å². The van der Waals surface area contributed by atoms with Gasteiger partial charge in [-0.15, -0.1) is 0 Å². The molecule has 1 heterocycles. The van der Waals surface area contributed by atoms with E-state index < -0.39 is 5.54 Å². The van der Waals surface area contributed by atoms with Gasteiger partial charge in [-0.3, -0.25) is 4.79 Å². The lowest BCUT2D eigenvalue weighted by molar-refractivity contribution is 0.0894. The van der Waals surface area contributed by atoms with Crippen LogP contribution in [-0.2, 0) is 7.05 Å². The van der Waals surface area contributed by atoms with Crippen LogP contribution in [0.4, 0.5) is 0 Å². The van der Waals surface area contributed by atoms with E-state index in [1.165, 1.54) is 6.20 Å². The normalized spacial score (nSPS) is 18.4. The monoisotopic (exact) mass is 232 g/mol. The topological polar surface area (TPSA) is 70.7 Å². The Morgan fingerprint density at radius 1 is 1.53 bits per heavy atom. The van der Waals surface area contributed by atoms with Crippen LogP contribution >= 0.6 is 0 Å². The number of nitrogens with one attached hydrogen (secondary N) is 1. The molecule has 0 bridgehead atoms. The minimum Gasteiger partial charge on any atom is -0.332 e. The predicted molar refractivity (Wildman–Crippen MR) is 62.1 cm³/mol. The Morgan fingerprint density at radius 2 is 2.24 bits per heavy atom. The van der Waals surface area contributed by atoms with Gasteiger partial charge < -0.3 is 9.88 Å². The molecule has 1 N–H and O–H groups in total. The van der Waals surface area contributed by atoms with Gasteiger partial charge in [-0.25, -0.2) is 4.98 Å². The van der Waals surface area contributed by atoms with Gasteiger partial charge >= 0.3 is 0 Å². The van der Waals surface area contributed by atoms with Crippen LogP contribution in [-0.4, -0.2) is 21.0 Å². The number of hydrogen-bond acceptors (Lipinski definition) is 3. The van der Waals surface area contributed by atoms with Crippen LogP contribution in [0.3, 0.4) is 0 Å². The molecule has 1 aromatic heterocycles. The van der Waals surface area contributed by atoms with Crippen molar-refractivity contribution in [3.8, 4) is 6.07 Å². The Labute approximate surface area is 100 Å². The summed E-state index contributed by atoms with van der Waals surface area (Å²) in [5, 5.41) is 12.1. The van der Waals surface area contributed by atoms with Crippen LogP contribution in [0.25, 0.3) is 0 Å². The summed E-state index contributed by atoms with van der Waals surface area (Å²) in [5.74, 6) is -0.214. The number of aryl methyl sites for hydroxylation is 1. The third-order valence-corrected chi connectivity index (χ3v) is 3.32. The van der Waals surface area contributed by atoms with Gasteiger partial charge in [0.2, 0.25) is 0 Å². The first-order valence-electron chi connectivity index (χ1n) is 5.87. The fourth-order valence-electron chi connectivity index (χ4n) is 2.28. The maximum absolute atomic E-state index is 12.0. The minimum absolute atomic E-state index is 0.214. The number of nitriles is 1. The average Bonchev–Trinajstić information content (AvgIpc) is 2.77. The number of amides is 1. The van der Waals surface area contributed by atoms with Crippen LogP contribution in [0.2, 0.25) is 0 Å². The number of carbonyl (C=O) groups is 1. The molecule has 1 aliphatic carbocycles. The van der Waals surface area contributed by atoms with E-state index in [0.29, 0.717) is 5.69 Å². The first kappa shape index (κ1) is 11.6. The summed E-state index contributed by atoms with van der Waals surface area (Å²) < 4.78 is 1.66. The van der Waals surface area contributed by atoms with Crippen LogP contribution in [0.15, 0.2) is 12.5 Å². The Hall–Kier alpha value is -1.83. The van der Waals surface area contributed by atoms with Crippen molar-refractivity contribution in [2.75, 3.05) is 0 Å². The molecular weight excluding hydrogens is 216 g/mol. The summed E-state index contributed by atoms with van der Waals surface area (Å²) in [7, 11) is 1.77.